The quantitative estimate of drug-likeness (QED) is 0.758. The molecule has 2 aromatic heterocycles. The maximum Gasteiger partial charge on any atom is 0.223 e. The third-order valence-electron chi connectivity index (χ3n) is 3.22. The van der Waals surface area contributed by atoms with Crippen molar-refractivity contribution in [3.8, 4) is 5.75 Å². The lowest BCUT2D eigenvalue weighted by Crippen LogP contribution is -2.09. The van der Waals surface area contributed by atoms with Crippen molar-refractivity contribution in [2.45, 2.75) is 6.42 Å². The zero-order chi connectivity index (χ0) is 14.7. The number of hydrogen-bond donors (Lipinski definition) is 2. The van der Waals surface area contributed by atoms with Crippen molar-refractivity contribution >= 4 is 33.3 Å². The van der Waals surface area contributed by atoms with E-state index in [1.165, 1.54) is 0 Å². The number of rotatable bonds is 5. The highest BCUT2D eigenvalue weighted by atomic mass is 32.1. The first-order chi connectivity index (χ1) is 10.3. The summed E-state index contributed by atoms with van der Waals surface area (Å²) in [5.41, 5.74) is 6.90. The van der Waals surface area contributed by atoms with Crippen LogP contribution < -0.4 is 15.8 Å². The highest BCUT2D eigenvalue weighted by molar-refractivity contribution is 7.16. The number of ether oxygens (including phenoxy) is 1. The van der Waals surface area contributed by atoms with Gasteiger partial charge in [0.2, 0.25) is 5.95 Å². The Labute approximate surface area is 126 Å². The van der Waals surface area contributed by atoms with E-state index in [1.807, 2.05) is 29.6 Å². The molecule has 21 heavy (non-hydrogen) atoms. The van der Waals surface area contributed by atoms with E-state index < -0.39 is 0 Å². The molecule has 2 heterocycles. The van der Waals surface area contributed by atoms with Crippen LogP contribution in [0, 0.1) is 0 Å². The van der Waals surface area contributed by atoms with Crippen molar-refractivity contribution in [1.29, 1.82) is 0 Å². The van der Waals surface area contributed by atoms with Crippen LogP contribution in [0.4, 0.5) is 11.8 Å². The van der Waals surface area contributed by atoms with Gasteiger partial charge in [-0.1, -0.05) is 18.2 Å². The summed E-state index contributed by atoms with van der Waals surface area (Å²) in [7, 11) is 1.69. The van der Waals surface area contributed by atoms with E-state index in [9.17, 15) is 0 Å². The first-order valence-electron chi connectivity index (χ1n) is 6.64. The van der Waals surface area contributed by atoms with Crippen molar-refractivity contribution in [3.63, 3.8) is 0 Å². The van der Waals surface area contributed by atoms with E-state index in [4.69, 9.17) is 10.5 Å². The van der Waals surface area contributed by atoms with Gasteiger partial charge in [-0.2, -0.15) is 4.98 Å². The van der Waals surface area contributed by atoms with Gasteiger partial charge in [-0.15, -0.1) is 11.3 Å². The minimum Gasteiger partial charge on any atom is -0.496 e. The Morgan fingerprint density at radius 1 is 1.24 bits per heavy atom. The second-order valence-corrected chi connectivity index (χ2v) is 5.45. The first-order valence-corrected chi connectivity index (χ1v) is 7.52. The summed E-state index contributed by atoms with van der Waals surface area (Å²) in [6.45, 7) is 0.752. The topological polar surface area (TPSA) is 73.1 Å². The van der Waals surface area contributed by atoms with Crippen molar-refractivity contribution in [2.75, 3.05) is 24.7 Å². The van der Waals surface area contributed by atoms with E-state index in [2.05, 4.69) is 21.4 Å². The Hall–Kier alpha value is -2.34. The molecule has 0 aliphatic carbocycles. The summed E-state index contributed by atoms with van der Waals surface area (Å²) < 4.78 is 5.35. The number of thiophene rings is 1. The number of methoxy groups -OCH3 is 1. The summed E-state index contributed by atoms with van der Waals surface area (Å²) in [6.07, 6.45) is 0.847. The zero-order valence-electron chi connectivity index (χ0n) is 11.7. The van der Waals surface area contributed by atoms with Crippen LogP contribution in [0.2, 0.25) is 0 Å². The molecule has 0 atom stereocenters. The highest BCUT2D eigenvalue weighted by Crippen LogP contribution is 2.26. The molecular weight excluding hydrogens is 284 g/mol. The predicted octanol–water partition coefficient (Wildman–Crippen LogP) is 2.94. The lowest BCUT2D eigenvalue weighted by molar-refractivity contribution is 0.410. The average Bonchev–Trinajstić information content (AvgIpc) is 2.96. The molecule has 0 radical (unpaired) electrons. The SMILES string of the molecule is COc1ccccc1CCNc1nc(N)nc2sccc12. The fraction of sp³-hybridized carbons (Fsp3) is 0.200. The van der Waals surface area contributed by atoms with E-state index >= 15 is 0 Å². The number of nitrogen functional groups attached to an aromatic ring is 1. The van der Waals surface area contributed by atoms with Crippen LogP contribution in [0.25, 0.3) is 10.2 Å². The number of nitrogens with one attached hydrogen (secondary N) is 1. The van der Waals surface area contributed by atoms with Gasteiger partial charge in [-0.3, -0.25) is 0 Å². The summed E-state index contributed by atoms with van der Waals surface area (Å²) in [4.78, 5) is 9.40. The summed E-state index contributed by atoms with van der Waals surface area (Å²) in [5, 5.41) is 6.33. The Bertz CT molecular complexity index is 756. The molecule has 0 aliphatic rings. The summed E-state index contributed by atoms with van der Waals surface area (Å²) >= 11 is 1.56. The van der Waals surface area contributed by atoms with E-state index in [-0.39, 0.29) is 0 Å². The molecule has 0 bridgehead atoms. The van der Waals surface area contributed by atoms with Gasteiger partial charge in [0.25, 0.3) is 0 Å². The molecule has 0 fully saturated rings. The molecule has 0 unspecified atom stereocenters. The van der Waals surface area contributed by atoms with Gasteiger partial charge in [0.05, 0.1) is 12.5 Å². The molecule has 0 spiro atoms. The largest absolute Gasteiger partial charge is 0.496 e. The lowest BCUT2D eigenvalue weighted by Gasteiger charge is -2.10. The van der Waals surface area contributed by atoms with Gasteiger partial charge in [0.15, 0.2) is 0 Å². The van der Waals surface area contributed by atoms with Crippen LogP contribution in [-0.2, 0) is 6.42 Å². The van der Waals surface area contributed by atoms with Crippen LogP contribution in [0.5, 0.6) is 5.75 Å². The number of para-hydroxylation sites is 1. The summed E-state index contributed by atoms with van der Waals surface area (Å²) in [5.74, 6) is 1.99. The number of nitrogens with zero attached hydrogens (tertiary/aromatic N) is 2. The van der Waals surface area contributed by atoms with E-state index in [0.29, 0.717) is 5.95 Å². The van der Waals surface area contributed by atoms with E-state index in [1.54, 1.807) is 18.4 Å². The fourth-order valence-corrected chi connectivity index (χ4v) is 3.00. The zero-order valence-corrected chi connectivity index (χ0v) is 12.5. The van der Waals surface area contributed by atoms with Gasteiger partial charge in [0.1, 0.15) is 16.4 Å². The number of fused-ring (bicyclic) bond motifs is 1. The van der Waals surface area contributed by atoms with Gasteiger partial charge in [-0.25, -0.2) is 4.98 Å². The second kappa shape index (κ2) is 5.97. The van der Waals surface area contributed by atoms with Crippen LogP contribution >= 0.6 is 11.3 Å². The molecule has 6 heteroatoms. The Morgan fingerprint density at radius 3 is 2.95 bits per heavy atom. The third kappa shape index (κ3) is 2.90. The maximum absolute atomic E-state index is 5.74. The molecule has 108 valence electrons. The first kappa shape index (κ1) is 13.6. The molecule has 0 amide bonds. The third-order valence-corrected chi connectivity index (χ3v) is 4.03. The minimum absolute atomic E-state index is 0.296. The van der Waals surface area contributed by atoms with Gasteiger partial charge in [-0.05, 0) is 29.5 Å². The molecular formula is C15H16N4OS. The molecule has 5 nitrogen and oxygen atoms in total. The Morgan fingerprint density at radius 2 is 2.10 bits per heavy atom. The monoisotopic (exact) mass is 300 g/mol. The predicted molar refractivity (Wildman–Crippen MR) is 87.0 cm³/mol. The van der Waals surface area contributed by atoms with Crippen LogP contribution in [0.1, 0.15) is 5.56 Å². The molecule has 0 saturated carbocycles. The Kier molecular flexibility index (Phi) is 3.87. The van der Waals surface area contributed by atoms with Gasteiger partial charge in [0, 0.05) is 6.54 Å². The van der Waals surface area contributed by atoms with Crippen molar-refractivity contribution < 1.29 is 4.74 Å². The van der Waals surface area contributed by atoms with Gasteiger partial charge >= 0.3 is 0 Å². The average molecular weight is 300 g/mol. The van der Waals surface area contributed by atoms with Crippen molar-refractivity contribution in [1.82, 2.24) is 9.97 Å². The summed E-state index contributed by atoms with van der Waals surface area (Å²) in [6, 6.07) is 10.0. The van der Waals surface area contributed by atoms with Gasteiger partial charge < -0.3 is 15.8 Å². The van der Waals surface area contributed by atoms with Crippen LogP contribution in [0.15, 0.2) is 35.7 Å². The molecule has 1 aromatic carbocycles. The highest BCUT2D eigenvalue weighted by Gasteiger charge is 2.07. The smallest absolute Gasteiger partial charge is 0.223 e. The minimum atomic E-state index is 0.296. The van der Waals surface area contributed by atoms with Crippen molar-refractivity contribution in [2.24, 2.45) is 0 Å². The number of benzene rings is 1. The molecule has 3 aromatic rings. The number of nitrogens with two attached hydrogens (primary N) is 1. The number of anilines is 2. The lowest BCUT2D eigenvalue weighted by atomic mass is 10.1. The normalized spacial score (nSPS) is 10.7. The fourth-order valence-electron chi connectivity index (χ4n) is 2.23. The standard InChI is InChI=1S/C15H16N4OS/c1-20-12-5-3-2-4-10(12)6-8-17-13-11-7-9-21-14(11)19-15(16)18-13/h2-5,7,9H,6,8H2,1H3,(H3,16,17,18,19). The number of hydrogen-bond acceptors (Lipinski definition) is 6. The Balaban J connectivity index is 1.73. The maximum atomic E-state index is 5.74. The molecule has 0 saturated heterocycles. The molecule has 3 rings (SSSR count). The van der Waals surface area contributed by atoms with Crippen LogP contribution in [0.3, 0.4) is 0 Å². The molecule has 0 aliphatic heterocycles. The number of aromatic nitrogens is 2. The van der Waals surface area contributed by atoms with Crippen molar-refractivity contribution in [3.05, 3.63) is 41.3 Å². The second-order valence-electron chi connectivity index (χ2n) is 4.56. The van der Waals surface area contributed by atoms with E-state index in [0.717, 1.165) is 40.3 Å². The molecule has 3 N–H and O–H groups in total. The van der Waals surface area contributed by atoms with Crippen LogP contribution in [-0.4, -0.2) is 23.6 Å².